The maximum atomic E-state index is 10.4. The van der Waals surface area contributed by atoms with Gasteiger partial charge in [0.2, 0.25) is 0 Å². The van der Waals surface area contributed by atoms with Crippen molar-refractivity contribution in [3.05, 3.63) is 0 Å². The average molecular weight is 215 g/mol. The van der Waals surface area contributed by atoms with Crippen LogP contribution in [0.25, 0.3) is 0 Å². The average Bonchev–Trinajstić information content (AvgIpc) is 2.18. The number of hydrogen-bond donors (Lipinski definition) is 3. The van der Waals surface area contributed by atoms with Crippen LogP contribution < -0.4 is 5.73 Å². The van der Waals surface area contributed by atoms with E-state index in [2.05, 4.69) is 0 Å². The summed E-state index contributed by atoms with van der Waals surface area (Å²) in [5.74, 6) is -0.404. The molecule has 1 aliphatic rings. The molecule has 0 heterocycles. The highest BCUT2D eigenvalue weighted by Gasteiger charge is 2.23. The highest BCUT2D eigenvalue weighted by atomic mass is 16.4. The van der Waals surface area contributed by atoms with Gasteiger partial charge in [-0.15, -0.1) is 0 Å². The fourth-order valence-electron chi connectivity index (χ4n) is 2.30. The van der Waals surface area contributed by atoms with Crippen molar-refractivity contribution in [3.63, 3.8) is 0 Å². The third-order valence-corrected chi connectivity index (χ3v) is 3.21. The molecular formula is C11H21NO3. The van der Waals surface area contributed by atoms with Crippen LogP contribution in [0.5, 0.6) is 0 Å². The lowest BCUT2D eigenvalue weighted by Crippen LogP contribution is -2.38. The Hall–Kier alpha value is -0.610. The van der Waals surface area contributed by atoms with Crippen LogP contribution in [0.15, 0.2) is 0 Å². The number of carbonyl (C=O) groups is 1. The van der Waals surface area contributed by atoms with Crippen LogP contribution >= 0.6 is 0 Å². The number of aliphatic carboxylic acids is 1. The number of carboxylic acids is 1. The number of aliphatic hydroxyl groups excluding tert-OH is 1. The first-order chi connectivity index (χ1) is 7.09. The van der Waals surface area contributed by atoms with Crippen LogP contribution in [0, 0.1) is 5.92 Å². The Morgan fingerprint density at radius 3 is 2.47 bits per heavy atom. The van der Waals surface area contributed by atoms with E-state index in [1.807, 2.05) is 0 Å². The van der Waals surface area contributed by atoms with E-state index in [1.165, 1.54) is 32.1 Å². The van der Waals surface area contributed by atoms with Crippen LogP contribution in [-0.4, -0.2) is 28.3 Å². The van der Waals surface area contributed by atoms with Crippen LogP contribution in [0.4, 0.5) is 0 Å². The minimum absolute atomic E-state index is 0.242. The van der Waals surface area contributed by atoms with Crippen molar-refractivity contribution < 1.29 is 15.0 Å². The van der Waals surface area contributed by atoms with Crippen molar-refractivity contribution >= 4 is 5.97 Å². The van der Waals surface area contributed by atoms with Gasteiger partial charge in [-0.1, -0.05) is 32.1 Å². The van der Waals surface area contributed by atoms with E-state index >= 15 is 0 Å². The Bertz CT molecular complexity index is 202. The fourth-order valence-corrected chi connectivity index (χ4v) is 2.30. The molecule has 0 aromatic rings. The standard InChI is InChI=1S/C11H21NO3/c12-9(10(13)7-11(14)15)6-8-4-2-1-3-5-8/h8-10,13H,1-7,12H2,(H,14,15). The molecule has 0 aromatic carbocycles. The summed E-state index contributed by atoms with van der Waals surface area (Å²) in [7, 11) is 0. The molecule has 0 spiro atoms. The van der Waals surface area contributed by atoms with Crippen molar-refractivity contribution in [2.75, 3.05) is 0 Å². The zero-order chi connectivity index (χ0) is 11.3. The fraction of sp³-hybridized carbons (Fsp3) is 0.909. The Balaban J connectivity index is 2.26. The number of nitrogens with two attached hydrogens (primary N) is 1. The Kier molecular flexibility index (Phi) is 5.05. The molecule has 0 saturated heterocycles. The molecular weight excluding hydrogens is 194 g/mol. The molecule has 0 bridgehead atoms. The highest BCUT2D eigenvalue weighted by Crippen LogP contribution is 2.27. The molecule has 88 valence electrons. The summed E-state index contributed by atoms with van der Waals surface area (Å²) >= 11 is 0. The largest absolute Gasteiger partial charge is 0.481 e. The lowest BCUT2D eigenvalue weighted by Gasteiger charge is -2.26. The van der Waals surface area contributed by atoms with E-state index in [4.69, 9.17) is 10.8 Å². The van der Waals surface area contributed by atoms with Gasteiger partial charge in [0.15, 0.2) is 0 Å². The number of aliphatic hydroxyl groups is 1. The highest BCUT2D eigenvalue weighted by molar-refractivity contribution is 5.67. The van der Waals surface area contributed by atoms with Gasteiger partial charge in [-0.3, -0.25) is 4.79 Å². The van der Waals surface area contributed by atoms with E-state index in [0.717, 1.165) is 6.42 Å². The van der Waals surface area contributed by atoms with Crippen LogP contribution in [0.1, 0.15) is 44.9 Å². The monoisotopic (exact) mass is 215 g/mol. The summed E-state index contributed by atoms with van der Waals surface area (Å²) in [4.78, 5) is 10.4. The van der Waals surface area contributed by atoms with Gasteiger partial charge in [0, 0.05) is 6.04 Å². The molecule has 4 nitrogen and oxygen atoms in total. The van der Waals surface area contributed by atoms with Gasteiger partial charge < -0.3 is 15.9 Å². The Morgan fingerprint density at radius 2 is 1.93 bits per heavy atom. The Labute approximate surface area is 90.5 Å². The molecule has 1 fully saturated rings. The van der Waals surface area contributed by atoms with Gasteiger partial charge in [0.25, 0.3) is 0 Å². The number of hydrogen-bond acceptors (Lipinski definition) is 3. The lowest BCUT2D eigenvalue weighted by atomic mass is 9.83. The minimum Gasteiger partial charge on any atom is -0.481 e. The molecule has 4 N–H and O–H groups in total. The molecule has 4 heteroatoms. The lowest BCUT2D eigenvalue weighted by molar-refractivity contribution is -0.139. The van der Waals surface area contributed by atoms with Gasteiger partial charge >= 0.3 is 5.97 Å². The first kappa shape index (κ1) is 12.5. The molecule has 1 saturated carbocycles. The summed E-state index contributed by atoms with van der Waals surface area (Å²) in [6, 6.07) is -0.385. The summed E-state index contributed by atoms with van der Waals surface area (Å²) in [6.07, 6.45) is 5.75. The first-order valence-electron chi connectivity index (χ1n) is 5.75. The molecule has 1 aliphatic carbocycles. The van der Waals surface area contributed by atoms with Crippen molar-refractivity contribution in [2.45, 2.75) is 57.1 Å². The van der Waals surface area contributed by atoms with Crippen LogP contribution in [0.2, 0.25) is 0 Å². The zero-order valence-corrected chi connectivity index (χ0v) is 9.06. The summed E-state index contributed by atoms with van der Waals surface area (Å²) < 4.78 is 0. The molecule has 0 aliphatic heterocycles. The second-order valence-electron chi connectivity index (χ2n) is 4.57. The van der Waals surface area contributed by atoms with Gasteiger partial charge in [-0.25, -0.2) is 0 Å². The van der Waals surface area contributed by atoms with Crippen molar-refractivity contribution in [1.29, 1.82) is 0 Å². The van der Waals surface area contributed by atoms with E-state index in [1.54, 1.807) is 0 Å². The second-order valence-corrected chi connectivity index (χ2v) is 4.57. The number of rotatable bonds is 5. The van der Waals surface area contributed by atoms with E-state index in [9.17, 15) is 9.90 Å². The van der Waals surface area contributed by atoms with Gasteiger partial charge in [0.05, 0.1) is 12.5 Å². The number of carboxylic acid groups (broad SMARTS) is 1. The van der Waals surface area contributed by atoms with Crippen molar-refractivity contribution in [3.8, 4) is 0 Å². The molecule has 15 heavy (non-hydrogen) atoms. The van der Waals surface area contributed by atoms with Gasteiger partial charge in [0.1, 0.15) is 0 Å². The summed E-state index contributed by atoms with van der Waals surface area (Å²) in [5, 5.41) is 18.0. The van der Waals surface area contributed by atoms with Gasteiger partial charge in [-0.2, -0.15) is 0 Å². The molecule has 0 aromatic heterocycles. The smallest absolute Gasteiger partial charge is 0.306 e. The summed E-state index contributed by atoms with van der Waals surface area (Å²) in [5.41, 5.74) is 5.78. The normalized spacial score (nSPS) is 22.3. The molecule has 1 rings (SSSR count). The SMILES string of the molecule is NC(CC1CCCCC1)C(O)CC(=O)O. The predicted octanol–water partition coefficient (Wildman–Crippen LogP) is 1.12. The van der Waals surface area contributed by atoms with Crippen molar-refractivity contribution in [1.82, 2.24) is 0 Å². The van der Waals surface area contributed by atoms with Crippen LogP contribution in [0.3, 0.4) is 0 Å². The predicted molar refractivity (Wildman–Crippen MR) is 57.4 cm³/mol. The third-order valence-electron chi connectivity index (χ3n) is 3.21. The quantitative estimate of drug-likeness (QED) is 0.641. The molecule has 2 atom stereocenters. The summed E-state index contributed by atoms with van der Waals surface area (Å²) in [6.45, 7) is 0. The maximum Gasteiger partial charge on any atom is 0.306 e. The first-order valence-corrected chi connectivity index (χ1v) is 5.75. The van der Waals surface area contributed by atoms with Gasteiger partial charge in [-0.05, 0) is 12.3 Å². The topological polar surface area (TPSA) is 83.5 Å². The Morgan fingerprint density at radius 1 is 1.33 bits per heavy atom. The molecule has 0 radical (unpaired) electrons. The second kappa shape index (κ2) is 6.08. The van der Waals surface area contributed by atoms with E-state index in [0.29, 0.717) is 5.92 Å². The minimum atomic E-state index is -0.985. The van der Waals surface area contributed by atoms with Crippen LogP contribution in [-0.2, 0) is 4.79 Å². The zero-order valence-electron chi connectivity index (χ0n) is 9.06. The molecule has 0 amide bonds. The van der Waals surface area contributed by atoms with E-state index < -0.39 is 12.1 Å². The molecule has 2 unspecified atom stereocenters. The third kappa shape index (κ3) is 4.62. The van der Waals surface area contributed by atoms with Crippen molar-refractivity contribution in [2.24, 2.45) is 11.7 Å². The maximum absolute atomic E-state index is 10.4. The van der Waals surface area contributed by atoms with E-state index in [-0.39, 0.29) is 12.5 Å².